The second kappa shape index (κ2) is 1.25. The van der Waals surface area contributed by atoms with E-state index in [9.17, 15) is 0 Å². The molecule has 2 rings (SSSR count). The van der Waals surface area contributed by atoms with Gasteiger partial charge >= 0.3 is 0 Å². The zero-order valence-electron chi connectivity index (χ0n) is 4.44. The minimum Gasteiger partial charge on any atom is -0.359 e. The molecule has 39 valence electrons. The highest BCUT2D eigenvalue weighted by molar-refractivity contribution is 5.58. The van der Waals surface area contributed by atoms with Crippen LogP contribution in [-0.4, -0.2) is 4.98 Å². The number of fused-ring (bicyclic) bond motifs is 1. The van der Waals surface area contributed by atoms with Crippen molar-refractivity contribution in [1.29, 1.82) is 0 Å². The highest BCUT2D eigenvalue weighted by Gasteiger charge is 2.02. The molecule has 1 radical (unpaired) electrons. The summed E-state index contributed by atoms with van der Waals surface area (Å²) in [6.45, 7) is 0. The molecule has 1 aliphatic rings. The average molecular weight is 104 g/mol. The Morgan fingerprint density at radius 1 is 1.62 bits per heavy atom. The van der Waals surface area contributed by atoms with E-state index in [0.717, 1.165) is 6.42 Å². The minimum atomic E-state index is 1.08. The predicted octanol–water partition coefficient (Wildman–Crippen LogP) is 1.38. The van der Waals surface area contributed by atoms with Gasteiger partial charge in [0.05, 0.1) is 6.20 Å². The Bertz CT molecular complexity index is 220. The lowest BCUT2D eigenvalue weighted by atomic mass is 10.2. The van der Waals surface area contributed by atoms with Crippen LogP contribution in [0.25, 0.3) is 6.08 Å². The number of allylic oxidation sites excluding steroid dienone is 1. The number of H-pyrrole nitrogens is 1. The molecule has 1 heteroatoms. The Kier molecular flexibility index (Phi) is 0.618. The first-order chi connectivity index (χ1) is 3.97. The Labute approximate surface area is 48.0 Å². The van der Waals surface area contributed by atoms with Crippen LogP contribution in [0.4, 0.5) is 0 Å². The van der Waals surface area contributed by atoms with Crippen molar-refractivity contribution >= 4 is 6.08 Å². The summed E-state index contributed by atoms with van der Waals surface area (Å²) < 4.78 is 0. The van der Waals surface area contributed by atoms with Crippen molar-refractivity contribution in [3.8, 4) is 0 Å². The molecule has 1 aromatic rings. The summed E-state index contributed by atoms with van der Waals surface area (Å²) in [5.41, 5.74) is 2.59. The lowest BCUT2D eigenvalue weighted by molar-refractivity contribution is 1.30. The van der Waals surface area contributed by atoms with Gasteiger partial charge in [0.25, 0.3) is 0 Å². The third-order valence-corrected chi connectivity index (χ3v) is 1.42. The first-order valence-electron chi connectivity index (χ1n) is 2.71. The minimum absolute atomic E-state index is 1.08. The number of aromatic nitrogens is 1. The molecule has 0 amide bonds. The van der Waals surface area contributed by atoms with Crippen LogP contribution in [0.1, 0.15) is 11.1 Å². The van der Waals surface area contributed by atoms with E-state index < -0.39 is 0 Å². The van der Waals surface area contributed by atoms with Gasteiger partial charge in [0, 0.05) is 11.8 Å². The van der Waals surface area contributed by atoms with Crippen LogP contribution in [0, 0.1) is 6.20 Å². The van der Waals surface area contributed by atoms with Gasteiger partial charge in [-0.1, -0.05) is 12.2 Å². The summed E-state index contributed by atoms with van der Waals surface area (Å²) in [5.74, 6) is 0. The van der Waals surface area contributed by atoms with Crippen molar-refractivity contribution in [3.63, 3.8) is 0 Å². The lowest BCUT2D eigenvalue weighted by Crippen LogP contribution is -1.68. The second-order valence-electron chi connectivity index (χ2n) is 1.96. The fourth-order valence-electron chi connectivity index (χ4n) is 0.980. The molecule has 0 saturated carbocycles. The molecule has 0 fully saturated rings. The van der Waals surface area contributed by atoms with E-state index in [2.05, 4.69) is 23.3 Å². The van der Waals surface area contributed by atoms with Gasteiger partial charge in [-0.2, -0.15) is 0 Å². The highest BCUT2D eigenvalue weighted by atomic mass is 14.6. The molecular formula is C7H6N. The topological polar surface area (TPSA) is 15.8 Å². The molecule has 1 heterocycles. The van der Waals surface area contributed by atoms with Crippen molar-refractivity contribution in [3.05, 3.63) is 29.6 Å². The Hall–Kier alpha value is -0.980. The summed E-state index contributed by atoms with van der Waals surface area (Å²) in [6, 6.07) is 0. The molecule has 0 aliphatic heterocycles. The van der Waals surface area contributed by atoms with Crippen molar-refractivity contribution in [2.24, 2.45) is 0 Å². The second-order valence-corrected chi connectivity index (χ2v) is 1.96. The summed E-state index contributed by atoms with van der Waals surface area (Å²) >= 11 is 0. The van der Waals surface area contributed by atoms with Gasteiger partial charge in [0.15, 0.2) is 0 Å². The normalized spacial score (nSPS) is 14.5. The van der Waals surface area contributed by atoms with Gasteiger partial charge in [0.1, 0.15) is 0 Å². The number of aromatic amines is 1. The van der Waals surface area contributed by atoms with Gasteiger partial charge in [0.2, 0.25) is 0 Å². The summed E-state index contributed by atoms with van der Waals surface area (Å²) in [4.78, 5) is 2.92. The monoisotopic (exact) mass is 104 g/mol. The number of rotatable bonds is 0. The molecule has 0 spiro atoms. The van der Waals surface area contributed by atoms with Gasteiger partial charge in [-0.25, -0.2) is 0 Å². The van der Waals surface area contributed by atoms with Crippen molar-refractivity contribution in [1.82, 2.24) is 4.98 Å². The Morgan fingerprint density at radius 2 is 2.62 bits per heavy atom. The maximum Gasteiger partial charge on any atom is 0.0702 e. The van der Waals surface area contributed by atoms with Crippen LogP contribution in [0.5, 0.6) is 0 Å². The zero-order valence-corrected chi connectivity index (χ0v) is 4.44. The van der Waals surface area contributed by atoms with E-state index in [1.54, 1.807) is 0 Å². The fraction of sp³-hybridized carbons (Fsp3) is 0.143. The molecule has 0 unspecified atom stereocenters. The SMILES string of the molecule is [c]1[nH]cc2c1C=CC2. The molecule has 1 nitrogen and oxygen atoms in total. The maximum absolute atomic E-state index is 3.01. The largest absolute Gasteiger partial charge is 0.359 e. The summed E-state index contributed by atoms with van der Waals surface area (Å²) in [6.07, 6.45) is 10.3. The summed E-state index contributed by atoms with van der Waals surface area (Å²) in [7, 11) is 0. The Balaban J connectivity index is 2.67. The molecule has 8 heavy (non-hydrogen) atoms. The van der Waals surface area contributed by atoms with Gasteiger partial charge in [-0.15, -0.1) is 0 Å². The Morgan fingerprint density at radius 3 is 3.50 bits per heavy atom. The molecule has 1 N–H and O–H groups in total. The first-order valence-corrected chi connectivity index (χ1v) is 2.71. The van der Waals surface area contributed by atoms with Crippen LogP contribution >= 0.6 is 0 Å². The number of hydrogen-bond donors (Lipinski definition) is 1. The van der Waals surface area contributed by atoms with E-state index in [1.165, 1.54) is 11.1 Å². The smallest absolute Gasteiger partial charge is 0.0702 e. The van der Waals surface area contributed by atoms with Gasteiger partial charge in [-0.05, 0) is 12.0 Å². The molecule has 1 aromatic heterocycles. The molecule has 0 bridgehead atoms. The first kappa shape index (κ1) is 3.96. The van der Waals surface area contributed by atoms with E-state index in [4.69, 9.17) is 0 Å². The predicted molar refractivity (Wildman–Crippen MR) is 32.4 cm³/mol. The standard InChI is InChI=1S/C7H6N/c1-2-6-4-8-5-7(6)3-1/h1-2,5,8H,3H2. The van der Waals surface area contributed by atoms with Crippen molar-refractivity contribution < 1.29 is 0 Å². The average Bonchev–Trinajstić information content (AvgIpc) is 2.15. The number of hydrogen-bond acceptors (Lipinski definition) is 0. The molecule has 1 aliphatic carbocycles. The highest BCUT2D eigenvalue weighted by Crippen LogP contribution is 2.16. The lowest BCUT2D eigenvalue weighted by Gasteiger charge is -1.79. The fourth-order valence-corrected chi connectivity index (χ4v) is 0.980. The summed E-state index contributed by atoms with van der Waals surface area (Å²) in [5, 5.41) is 0. The van der Waals surface area contributed by atoms with Crippen molar-refractivity contribution in [2.75, 3.05) is 0 Å². The maximum atomic E-state index is 3.01. The van der Waals surface area contributed by atoms with Crippen LogP contribution in [-0.2, 0) is 6.42 Å². The van der Waals surface area contributed by atoms with Crippen LogP contribution in [0.3, 0.4) is 0 Å². The molecular weight excluding hydrogens is 98.1 g/mol. The third kappa shape index (κ3) is 0.360. The molecule has 0 aromatic carbocycles. The van der Waals surface area contributed by atoms with E-state index in [-0.39, 0.29) is 0 Å². The van der Waals surface area contributed by atoms with Gasteiger partial charge in [-0.3, -0.25) is 0 Å². The van der Waals surface area contributed by atoms with E-state index in [0.29, 0.717) is 0 Å². The third-order valence-electron chi connectivity index (χ3n) is 1.42. The quantitative estimate of drug-likeness (QED) is 0.512. The van der Waals surface area contributed by atoms with Crippen LogP contribution in [0.15, 0.2) is 12.3 Å². The van der Waals surface area contributed by atoms with Crippen molar-refractivity contribution in [2.45, 2.75) is 6.42 Å². The van der Waals surface area contributed by atoms with E-state index >= 15 is 0 Å². The van der Waals surface area contributed by atoms with E-state index in [1.807, 2.05) is 6.20 Å². The van der Waals surface area contributed by atoms with Crippen LogP contribution < -0.4 is 0 Å². The zero-order chi connectivity index (χ0) is 5.40. The van der Waals surface area contributed by atoms with Crippen LogP contribution in [0.2, 0.25) is 0 Å². The molecule has 0 saturated heterocycles. The number of nitrogens with one attached hydrogen (secondary N) is 1. The van der Waals surface area contributed by atoms with Gasteiger partial charge < -0.3 is 4.98 Å². The molecule has 0 atom stereocenters.